The van der Waals surface area contributed by atoms with E-state index in [-0.39, 0.29) is 28.0 Å². The fourth-order valence-corrected chi connectivity index (χ4v) is 9.68. The predicted molar refractivity (Wildman–Crippen MR) is 277 cm³/mol. The Kier molecular flexibility index (Phi) is 10.4. The van der Waals surface area contributed by atoms with Crippen LogP contribution in [0, 0.1) is 11.3 Å². The van der Waals surface area contributed by atoms with Crippen molar-refractivity contribution in [2.75, 3.05) is 0 Å². The van der Waals surface area contributed by atoms with Crippen molar-refractivity contribution in [3.05, 3.63) is 198 Å². The highest BCUT2D eigenvalue weighted by molar-refractivity contribution is 6.11. The van der Waals surface area contributed by atoms with E-state index in [1.165, 1.54) is 11.6 Å². The van der Waals surface area contributed by atoms with Crippen molar-refractivity contribution in [3.63, 3.8) is 0 Å². The van der Waals surface area contributed by atoms with E-state index in [1.54, 1.807) is 6.07 Å². The first-order valence-electron chi connectivity index (χ1n) is 23.3. The Hall–Kier alpha value is -8.35. The third-order valence-corrected chi connectivity index (χ3v) is 13.4. The lowest BCUT2D eigenvalue weighted by atomic mass is 9.86. The number of halogens is 3. The highest BCUT2D eigenvalue weighted by Crippen LogP contribution is 2.43. The normalized spacial score (nSPS) is 12.3. The molecular formula is C61H47F3N6. The van der Waals surface area contributed by atoms with Crippen molar-refractivity contribution >= 4 is 43.6 Å². The number of nitrogens with zero attached hydrogens (tertiary/aromatic N) is 6. The van der Waals surface area contributed by atoms with Gasteiger partial charge in [-0.3, -0.25) is 0 Å². The summed E-state index contributed by atoms with van der Waals surface area (Å²) in [5.41, 5.74) is 9.67. The molecule has 0 saturated heterocycles. The molecule has 3 aromatic heterocycles. The molecule has 342 valence electrons. The average Bonchev–Trinajstić information content (AvgIpc) is 3.87. The maximum absolute atomic E-state index is 15.0. The second kappa shape index (κ2) is 16.4. The Morgan fingerprint density at radius 3 is 1.40 bits per heavy atom. The van der Waals surface area contributed by atoms with E-state index in [4.69, 9.17) is 15.0 Å². The molecule has 3 heterocycles. The number of para-hydroxylation sites is 2. The predicted octanol–water partition coefficient (Wildman–Crippen LogP) is 16.2. The number of aromatic nitrogens is 5. The van der Waals surface area contributed by atoms with Gasteiger partial charge in [-0.15, -0.1) is 0 Å². The summed E-state index contributed by atoms with van der Waals surface area (Å²) in [5, 5.41) is 14.0. The van der Waals surface area contributed by atoms with E-state index in [2.05, 4.69) is 107 Å². The summed E-state index contributed by atoms with van der Waals surface area (Å²) in [5.74, 6) is 0.623. The van der Waals surface area contributed by atoms with Crippen LogP contribution >= 0.6 is 0 Å². The van der Waals surface area contributed by atoms with Crippen LogP contribution in [0.5, 0.6) is 0 Å². The zero-order chi connectivity index (χ0) is 48.7. The van der Waals surface area contributed by atoms with Gasteiger partial charge >= 0.3 is 6.18 Å². The van der Waals surface area contributed by atoms with Gasteiger partial charge in [-0.05, 0) is 112 Å². The molecule has 0 fully saturated rings. The second-order valence-electron chi connectivity index (χ2n) is 20.0. The van der Waals surface area contributed by atoms with E-state index in [9.17, 15) is 5.26 Å². The molecule has 0 aliphatic carbocycles. The van der Waals surface area contributed by atoms with Crippen LogP contribution in [-0.4, -0.2) is 24.1 Å². The maximum atomic E-state index is 15.0. The summed E-state index contributed by atoms with van der Waals surface area (Å²) in [6, 6.07) is 58.2. The maximum Gasteiger partial charge on any atom is 0.416 e. The fourth-order valence-electron chi connectivity index (χ4n) is 9.68. The largest absolute Gasteiger partial charge is 0.416 e. The van der Waals surface area contributed by atoms with Gasteiger partial charge in [0.1, 0.15) is 0 Å². The first-order chi connectivity index (χ1) is 33.5. The second-order valence-corrected chi connectivity index (χ2v) is 20.0. The monoisotopic (exact) mass is 920 g/mol. The number of hydrogen-bond donors (Lipinski definition) is 0. The topological polar surface area (TPSA) is 72.3 Å². The van der Waals surface area contributed by atoms with Gasteiger partial charge in [-0.25, -0.2) is 15.0 Å². The highest BCUT2D eigenvalue weighted by atomic mass is 19.4. The quantitative estimate of drug-likeness (QED) is 0.167. The number of nitriles is 1. The van der Waals surface area contributed by atoms with Crippen LogP contribution in [0.2, 0.25) is 0 Å². The first kappa shape index (κ1) is 44.2. The molecular weight excluding hydrogens is 874 g/mol. The lowest BCUT2D eigenvalue weighted by molar-refractivity contribution is -0.137. The minimum Gasteiger partial charge on any atom is -0.309 e. The molecule has 0 saturated carbocycles. The Balaban J connectivity index is 1.24. The summed E-state index contributed by atoms with van der Waals surface area (Å²) in [6.45, 7) is 13.1. The number of hydrogen-bond acceptors (Lipinski definition) is 4. The van der Waals surface area contributed by atoms with Crippen LogP contribution < -0.4 is 0 Å². The molecule has 0 unspecified atom stereocenters. The average molecular weight is 921 g/mol. The van der Waals surface area contributed by atoms with Crippen molar-refractivity contribution < 1.29 is 13.2 Å². The lowest BCUT2D eigenvalue weighted by Gasteiger charge is -2.20. The van der Waals surface area contributed by atoms with Gasteiger partial charge in [-0.2, -0.15) is 18.4 Å². The first-order valence-corrected chi connectivity index (χ1v) is 23.3. The zero-order valence-electron chi connectivity index (χ0n) is 39.6. The Bertz CT molecular complexity index is 3910. The highest BCUT2D eigenvalue weighted by Gasteiger charge is 2.33. The van der Waals surface area contributed by atoms with Crippen molar-refractivity contribution in [2.24, 2.45) is 0 Å². The van der Waals surface area contributed by atoms with Gasteiger partial charge in [-0.1, -0.05) is 139 Å². The summed E-state index contributed by atoms with van der Waals surface area (Å²) >= 11 is 0. The number of fused-ring (bicyclic) bond motifs is 6. The molecule has 8 aromatic carbocycles. The van der Waals surface area contributed by atoms with Gasteiger partial charge in [0.05, 0.1) is 50.6 Å². The number of benzene rings is 8. The molecule has 0 radical (unpaired) electrons. The molecule has 0 atom stereocenters. The van der Waals surface area contributed by atoms with Gasteiger partial charge in [0, 0.05) is 38.2 Å². The SMILES string of the molecule is CC(C)(C)c1ccc2c(c1)c1ccccc1n2-c1ccc(-c2cccc(C#N)c2)cc1-c1nc(-c2ccccc2)nc(-c2cc(C(F)(F)F)ccc2-n2c3ccccc3c3cc(C(C)(C)C)ccc32)n1. The van der Waals surface area contributed by atoms with Crippen LogP contribution in [0.1, 0.15) is 63.8 Å². The fraction of sp³-hybridized carbons (Fsp3) is 0.148. The molecule has 0 amide bonds. The molecule has 9 heteroatoms. The van der Waals surface area contributed by atoms with Crippen LogP contribution in [0.25, 0.3) is 100 Å². The summed E-state index contributed by atoms with van der Waals surface area (Å²) in [6.07, 6.45) is -4.67. The molecule has 0 aliphatic heterocycles. The van der Waals surface area contributed by atoms with Crippen molar-refractivity contribution in [1.29, 1.82) is 5.26 Å². The Labute approximate surface area is 404 Å². The van der Waals surface area contributed by atoms with Crippen molar-refractivity contribution in [3.8, 4) is 62.7 Å². The molecule has 11 rings (SSSR count). The van der Waals surface area contributed by atoms with Crippen molar-refractivity contribution in [2.45, 2.75) is 58.5 Å². The molecule has 0 bridgehead atoms. The molecule has 0 spiro atoms. The van der Waals surface area contributed by atoms with E-state index in [1.807, 2.05) is 102 Å². The van der Waals surface area contributed by atoms with Crippen molar-refractivity contribution in [1.82, 2.24) is 24.1 Å². The van der Waals surface area contributed by atoms with Crippen LogP contribution in [0.4, 0.5) is 13.2 Å². The minimum absolute atomic E-state index is 0.0714. The zero-order valence-corrected chi connectivity index (χ0v) is 39.6. The Morgan fingerprint density at radius 2 is 0.857 bits per heavy atom. The van der Waals surface area contributed by atoms with Gasteiger partial charge < -0.3 is 9.13 Å². The molecule has 70 heavy (non-hydrogen) atoms. The molecule has 0 aliphatic rings. The van der Waals surface area contributed by atoms with Crippen LogP contribution in [0.3, 0.4) is 0 Å². The van der Waals surface area contributed by atoms with Gasteiger partial charge in [0.15, 0.2) is 17.5 Å². The Morgan fingerprint density at radius 1 is 0.400 bits per heavy atom. The third-order valence-electron chi connectivity index (χ3n) is 13.4. The van der Waals surface area contributed by atoms with Crippen LogP contribution in [-0.2, 0) is 17.0 Å². The van der Waals surface area contributed by atoms with Crippen LogP contribution in [0.15, 0.2) is 176 Å². The number of alkyl halides is 3. The lowest BCUT2D eigenvalue weighted by Crippen LogP contribution is -2.11. The van der Waals surface area contributed by atoms with E-state index in [0.717, 1.165) is 78.1 Å². The number of rotatable bonds is 6. The summed E-state index contributed by atoms with van der Waals surface area (Å²) in [7, 11) is 0. The summed E-state index contributed by atoms with van der Waals surface area (Å²) < 4.78 is 49.4. The van der Waals surface area contributed by atoms with E-state index < -0.39 is 11.7 Å². The third kappa shape index (κ3) is 7.66. The molecule has 6 nitrogen and oxygen atoms in total. The van der Waals surface area contributed by atoms with Gasteiger partial charge in [0.2, 0.25) is 0 Å². The van der Waals surface area contributed by atoms with Gasteiger partial charge in [0.25, 0.3) is 0 Å². The minimum atomic E-state index is -4.67. The molecule has 0 N–H and O–H groups in total. The molecule has 11 aromatic rings. The van der Waals surface area contributed by atoms with E-state index in [0.29, 0.717) is 28.2 Å². The smallest absolute Gasteiger partial charge is 0.309 e. The standard InChI is InChI=1S/C61H47F3N6/c1-59(2,3)41-24-28-52-46(33-41)44-19-10-12-21-50(44)69(52)54-27-23-40(39-18-14-15-37(31-39)36-65)32-48(54)57-66-56(38-16-8-7-9-17-38)67-58(68-57)49-35-43(61(62,63)64)26-30-55(49)70-51-22-13-11-20-45(51)47-34-42(60(4,5)6)25-29-53(47)70/h7-35H,1-6H3. The van der Waals surface area contributed by atoms with E-state index >= 15 is 13.2 Å². The summed E-state index contributed by atoms with van der Waals surface area (Å²) in [4.78, 5) is 15.6.